The quantitative estimate of drug-likeness (QED) is 0.150. The first-order chi connectivity index (χ1) is 15.5. The molecular formula is C19H32N6O6S2. The topological polar surface area (TPSA) is 166 Å². The summed E-state index contributed by atoms with van der Waals surface area (Å²) in [5, 5.41) is 12.3. The Labute approximate surface area is 203 Å². The van der Waals surface area contributed by atoms with Gasteiger partial charge in [0.2, 0.25) is 35.4 Å². The van der Waals surface area contributed by atoms with Crippen LogP contribution in [-0.4, -0.2) is 96.2 Å². The summed E-state index contributed by atoms with van der Waals surface area (Å²) in [4.78, 5) is 74.0. The van der Waals surface area contributed by atoms with Crippen LogP contribution < -0.4 is 26.6 Å². The Bertz CT molecular complexity index is 767. The molecule has 0 saturated carbocycles. The van der Waals surface area contributed by atoms with Gasteiger partial charge in [-0.2, -0.15) is 25.3 Å². The van der Waals surface area contributed by atoms with Crippen LogP contribution >= 0.6 is 25.3 Å². The van der Waals surface area contributed by atoms with Gasteiger partial charge in [0.1, 0.15) is 24.2 Å². The highest BCUT2D eigenvalue weighted by atomic mass is 32.1. The molecule has 186 valence electrons. The van der Waals surface area contributed by atoms with Gasteiger partial charge in [0.05, 0.1) is 6.54 Å². The lowest BCUT2D eigenvalue weighted by molar-refractivity contribution is -0.139. The Morgan fingerprint density at radius 2 is 1.55 bits per heavy atom. The van der Waals surface area contributed by atoms with Crippen molar-refractivity contribution in [3.8, 4) is 0 Å². The van der Waals surface area contributed by atoms with Crippen LogP contribution in [0.4, 0.5) is 0 Å². The molecule has 1 rings (SSSR count). The number of thiol groups is 2. The van der Waals surface area contributed by atoms with Crippen LogP contribution in [0.25, 0.3) is 0 Å². The van der Waals surface area contributed by atoms with E-state index in [9.17, 15) is 28.8 Å². The van der Waals surface area contributed by atoms with E-state index in [4.69, 9.17) is 0 Å². The van der Waals surface area contributed by atoms with Crippen LogP contribution in [0.15, 0.2) is 0 Å². The van der Waals surface area contributed by atoms with Gasteiger partial charge in [0, 0.05) is 32.0 Å². The molecule has 14 heteroatoms. The van der Waals surface area contributed by atoms with E-state index in [1.165, 1.54) is 25.8 Å². The van der Waals surface area contributed by atoms with Gasteiger partial charge in [0.15, 0.2) is 0 Å². The van der Waals surface area contributed by atoms with Gasteiger partial charge >= 0.3 is 0 Å². The maximum Gasteiger partial charge on any atom is 0.244 e. The molecule has 0 bridgehead atoms. The summed E-state index contributed by atoms with van der Waals surface area (Å²) < 4.78 is 0. The Balaban J connectivity index is 2.61. The predicted octanol–water partition coefficient (Wildman–Crippen LogP) is -2.81. The molecule has 0 unspecified atom stereocenters. The number of likely N-dealkylation sites (tertiary alicyclic amines) is 1. The third kappa shape index (κ3) is 8.76. The molecule has 4 atom stereocenters. The summed E-state index contributed by atoms with van der Waals surface area (Å²) in [7, 11) is 1.45. The Morgan fingerprint density at radius 1 is 0.939 bits per heavy atom. The Kier molecular flexibility index (Phi) is 12.1. The van der Waals surface area contributed by atoms with Crippen molar-refractivity contribution in [1.82, 2.24) is 31.5 Å². The fourth-order valence-electron chi connectivity index (χ4n) is 3.21. The normalized spacial score (nSPS) is 17.8. The molecule has 33 heavy (non-hydrogen) atoms. The van der Waals surface area contributed by atoms with E-state index >= 15 is 0 Å². The van der Waals surface area contributed by atoms with Gasteiger partial charge in [0.25, 0.3) is 0 Å². The molecule has 0 aromatic carbocycles. The average molecular weight is 505 g/mol. The van der Waals surface area contributed by atoms with Crippen molar-refractivity contribution in [1.29, 1.82) is 0 Å². The average Bonchev–Trinajstić information content (AvgIpc) is 3.28. The van der Waals surface area contributed by atoms with Crippen molar-refractivity contribution in [2.45, 2.75) is 50.9 Å². The zero-order chi connectivity index (χ0) is 25.1. The van der Waals surface area contributed by atoms with Crippen molar-refractivity contribution in [2.75, 3.05) is 31.6 Å². The molecule has 1 heterocycles. The molecule has 1 fully saturated rings. The fraction of sp³-hybridized carbons (Fsp3) is 0.684. The number of rotatable bonds is 11. The molecule has 0 aromatic rings. The van der Waals surface area contributed by atoms with Crippen LogP contribution in [0, 0.1) is 0 Å². The summed E-state index contributed by atoms with van der Waals surface area (Å²) in [6, 6.07) is -3.45. The number of hydrogen-bond acceptors (Lipinski definition) is 8. The van der Waals surface area contributed by atoms with Crippen molar-refractivity contribution < 1.29 is 28.8 Å². The summed E-state index contributed by atoms with van der Waals surface area (Å²) in [5.74, 6) is -2.78. The highest BCUT2D eigenvalue weighted by molar-refractivity contribution is 7.80. The maximum atomic E-state index is 12.6. The number of nitrogens with one attached hydrogen (secondary N) is 5. The summed E-state index contributed by atoms with van der Waals surface area (Å²) in [6.07, 6.45) is 1.03. The minimum absolute atomic E-state index is 0.0463. The standard InChI is InChI=1S/C19H32N6O6S2/c1-10(22-18(30)13(9-33)23-11(2)26)16(28)21-7-15(27)25-6-4-5-14(25)19(31)24-12(8-32)17(29)20-3/h10,12-14,32-33H,4-9H2,1-3H3,(H,20,29)(H,21,28)(H,22,30)(H,23,26)(H,24,31)/t10-,12-,13-,14-/m0/s1. The van der Waals surface area contributed by atoms with Crippen LogP contribution in [0.1, 0.15) is 26.7 Å². The number of amides is 6. The molecular weight excluding hydrogens is 472 g/mol. The maximum absolute atomic E-state index is 12.6. The van der Waals surface area contributed by atoms with E-state index in [0.717, 1.165) is 0 Å². The highest BCUT2D eigenvalue weighted by Crippen LogP contribution is 2.17. The molecule has 0 radical (unpaired) electrons. The smallest absolute Gasteiger partial charge is 0.244 e. The first-order valence-corrected chi connectivity index (χ1v) is 11.7. The third-order valence-electron chi connectivity index (χ3n) is 4.98. The third-order valence-corrected chi connectivity index (χ3v) is 5.71. The number of carbonyl (C=O) groups is 6. The molecule has 6 amide bonds. The van der Waals surface area contributed by atoms with Gasteiger partial charge in [-0.1, -0.05) is 0 Å². The fourth-order valence-corrected chi connectivity index (χ4v) is 3.72. The molecule has 1 aliphatic heterocycles. The number of hydrogen-bond donors (Lipinski definition) is 7. The van der Waals surface area contributed by atoms with Crippen molar-refractivity contribution in [3.63, 3.8) is 0 Å². The van der Waals surface area contributed by atoms with E-state index in [-0.39, 0.29) is 18.1 Å². The van der Waals surface area contributed by atoms with Crippen molar-refractivity contribution in [2.24, 2.45) is 0 Å². The van der Waals surface area contributed by atoms with E-state index in [2.05, 4.69) is 51.8 Å². The monoisotopic (exact) mass is 504 g/mol. The number of likely N-dealkylation sites (N-methyl/N-ethyl adjacent to an activating group) is 1. The van der Waals surface area contributed by atoms with E-state index in [1.807, 2.05) is 0 Å². The van der Waals surface area contributed by atoms with Gasteiger partial charge in [-0.25, -0.2) is 0 Å². The first-order valence-electron chi connectivity index (χ1n) is 10.4. The minimum Gasteiger partial charge on any atom is -0.357 e. The molecule has 1 aliphatic rings. The van der Waals surface area contributed by atoms with Gasteiger partial charge < -0.3 is 31.5 Å². The van der Waals surface area contributed by atoms with Crippen molar-refractivity contribution in [3.05, 3.63) is 0 Å². The molecule has 12 nitrogen and oxygen atoms in total. The largest absolute Gasteiger partial charge is 0.357 e. The summed E-state index contributed by atoms with van der Waals surface area (Å²) in [6.45, 7) is 2.67. The first kappa shape index (κ1) is 28.6. The zero-order valence-electron chi connectivity index (χ0n) is 18.8. The second-order valence-corrected chi connectivity index (χ2v) is 8.22. The second kappa shape index (κ2) is 13.9. The minimum atomic E-state index is -0.970. The Morgan fingerprint density at radius 3 is 2.09 bits per heavy atom. The molecule has 1 saturated heterocycles. The van der Waals surface area contributed by atoms with E-state index in [1.54, 1.807) is 0 Å². The lowest BCUT2D eigenvalue weighted by Crippen LogP contribution is -2.55. The lowest BCUT2D eigenvalue weighted by atomic mass is 10.2. The number of nitrogens with zero attached hydrogens (tertiary/aromatic N) is 1. The lowest BCUT2D eigenvalue weighted by Gasteiger charge is -2.26. The Hall–Kier alpha value is -2.48. The highest BCUT2D eigenvalue weighted by Gasteiger charge is 2.35. The second-order valence-electron chi connectivity index (χ2n) is 7.49. The predicted molar refractivity (Wildman–Crippen MR) is 127 cm³/mol. The SMILES string of the molecule is CNC(=O)[C@H](CS)NC(=O)[C@@H]1CCCN1C(=O)CNC(=O)[C@H](C)NC(=O)[C@H](CS)NC(C)=O. The number of carbonyl (C=O) groups excluding carboxylic acids is 6. The molecule has 5 N–H and O–H groups in total. The van der Waals surface area contributed by atoms with Gasteiger partial charge in [-0.3, -0.25) is 28.8 Å². The summed E-state index contributed by atoms with van der Waals surface area (Å²) >= 11 is 8.07. The van der Waals surface area contributed by atoms with E-state index in [0.29, 0.717) is 19.4 Å². The molecule has 0 aromatic heterocycles. The van der Waals surface area contributed by atoms with Crippen LogP contribution in [0.3, 0.4) is 0 Å². The van der Waals surface area contributed by atoms with E-state index < -0.39 is 59.6 Å². The zero-order valence-corrected chi connectivity index (χ0v) is 20.6. The molecule has 0 spiro atoms. The van der Waals surface area contributed by atoms with Crippen molar-refractivity contribution >= 4 is 60.7 Å². The van der Waals surface area contributed by atoms with Crippen LogP contribution in [0.2, 0.25) is 0 Å². The van der Waals surface area contributed by atoms with Crippen LogP contribution in [-0.2, 0) is 28.8 Å². The van der Waals surface area contributed by atoms with Crippen LogP contribution in [0.5, 0.6) is 0 Å². The molecule has 0 aliphatic carbocycles. The van der Waals surface area contributed by atoms with Gasteiger partial charge in [-0.15, -0.1) is 0 Å². The summed E-state index contributed by atoms with van der Waals surface area (Å²) in [5.41, 5.74) is 0. The van der Waals surface area contributed by atoms with Gasteiger partial charge in [-0.05, 0) is 19.8 Å².